The molecule has 2 amide bonds. The van der Waals surface area contributed by atoms with Gasteiger partial charge in [-0.15, -0.1) is 0 Å². The van der Waals surface area contributed by atoms with Crippen LogP contribution in [-0.2, 0) is 19.1 Å². The number of alkyl carbamates (subject to hydrolysis) is 1. The molecule has 34 heavy (non-hydrogen) atoms. The lowest BCUT2D eigenvalue weighted by molar-refractivity contribution is -0.143. The Morgan fingerprint density at radius 2 is 1.68 bits per heavy atom. The number of rotatable bonds is 8. The third-order valence-corrected chi connectivity index (χ3v) is 6.66. The van der Waals surface area contributed by atoms with Crippen LogP contribution in [-0.4, -0.2) is 55.5 Å². The van der Waals surface area contributed by atoms with E-state index in [1.807, 2.05) is 36.4 Å². The van der Waals surface area contributed by atoms with Crippen LogP contribution in [0, 0.1) is 5.92 Å². The summed E-state index contributed by atoms with van der Waals surface area (Å²) in [7, 11) is 1.45. The molecule has 8 nitrogen and oxygen atoms in total. The number of amides is 2. The minimum atomic E-state index is -0.939. The second-order valence-corrected chi connectivity index (χ2v) is 8.89. The number of hydrogen-bond donors (Lipinski definition) is 3. The number of ether oxygens (including phenoxy) is 2. The van der Waals surface area contributed by atoms with Crippen LogP contribution in [0.4, 0.5) is 4.79 Å². The van der Waals surface area contributed by atoms with E-state index in [0.717, 1.165) is 28.7 Å². The molecule has 2 aromatic rings. The van der Waals surface area contributed by atoms with Crippen LogP contribution in [0.2, 0.25) is 0 Å². The maximum absolute atomic E-state index is 12.8. The van der Waals surface area contributed by atoms with E-state index in [4.69, 9.17) is 9.47 Å². The number of aliphatic carboxylic acids is 1. The molecule has 0 bridgehead atoms. The summed E-state index contributed by atoms with van der Waals surface area (Å²) in [6.07, 6.45) is 1.73. The van der Waals surface area contributed by atoms with Gasteiger partial charge in [-0.1, -0.05) is 55.0 Å². The van der Waals surface area contributed by atoms with Gasteiger partial charge >= 0.3 is 12.1 Å². The number of carbonyl (C=O) groups is 3. The third-order valence-electron chi connectivity index (χ3n) is 6.66. The molecule has 2 aromatic carbocycles. The monoisotopic (exact) mass is 466 g/mol. The van der Waals surface area contributed by atoms with Crippen molar-refractivity contribution in [1.82, 2.24) is 10.6 Å². The minimum Gasteiger partial charge on any atom is -0.481 e. The van der Waals surface area contributed by atoms with E-state index in [9.17, 15) is 19.5 Å². The van der Waals surface area contributed by atoms with Gasteiger partial charge in [0.05, 0.1) is 12.5 Å². The largest absolute Gasteiger partial charge is 0.481 e. The van der Waals surface area contributed by atoms with Crippen molar-refractivity contribution in [2.45, 2.75) is 43.7 Å². The number of fused-ring (bicyclic) bond motifs is 3. The molecular weight excluding hydrogens is 436 g/mol. The van der Waals surface area contributed by atoms with E-state index >= 15 is 0 Å². The summed E-state index contributed by atoms with van der Waals surface area (Å²) < 4.78 is 10.7. The molecule has 1 fully saturated rings. The van der Waals surface area contributed by atoms with E-state index < -0.39 is 29.9 Å². The van der Waals surface area contributed by atoms with Crippen LogP contribution in [0.15, 0.2) is 48.5 Å². The Kier molecular flexibility index (Phi) is 7.47. The lowest BCUT2D eigenvalue weighted by Crippen LogP contribution is -2.52. The Bertz CT molecular complexity index is 1010. The topological polar surface area (TPSA) is 114 Å². The normalized spacial score (nSPS) is 20.0. The second kappa shape index (κ2) is 10.7. The molecule has 2 aliphatic carbocycles. The molecule has 0 aliphatic heterocycles. The molecule has 3 N–H and O–H groups in total. The summed E-state index contributed by atoms with van der Waals surface area (Å²) in [5.74, 6) is -1.80. The standard InChI is InChI=1S/C26H30N2O6/c1-33-15-23(24(29)27-17-8-6-7-16(13-17)25(30)31)28-26(32)34-14-22-20-11-4-2-9-18(20)19-10-3-5-12-21(19)22/h2-5,9-12,16-17,22-23H,6-8,13-15H2,1H3,(H,27,29)(H,28,32)(H,30,31)/t16-,17-,23+/m1/s1. The predicted octanol–water partition coefficient (Wildman–Crippen LogP) is 3.30. The molecule has 0 radical (unpaired) electrons. The zero-order valence-electron chi connectivity index (χ0n) is 19.2. The highest BCUT2D eigenvalue weighted by molar-refractivity contribution is 5.86. The van der Waals surface area contributed by atoms with Crippen LogP contribution in [0.25, 0.3) is 11.1 Å². The van der Waals surface area contributed by atoms with Crippen molar-refractivity contribution >= 4 is 18.0 Å². The summed E-state index contributed by atoms with van der Waals surface area (Å²) in [4.78, 5) is 36.7. The summed E-state index contributed by atoms with van der Waals surface area (Å²) in [6, 6.07) is 14.9. The van der Waals surface area contributed by atoms with E-state index in [-0.39, 0.29) is 25.2 Å². The number of carboxylic acids is 1. The van der Waals surface area contributed by atoms with Gasteiger partial charge in [0.25, 0.3) is 0 Å². The van der Waals surface area contributed by atoms with Gasteiger partial charge in [0, 0.05) is 19.1 Å². The smallest absolute Gasteiger partial charge is 0.407 e. The van der Waals surface area contributed by atoms with Crippen molar-refractivity contribution in [1.29, 1.82) is 0 Å². The molecule has 2 aliphatic rings. The molecule has 180 valence electrons. The first-order valence-electron chi connectivity index (χ1n) is 11.6. The summed E-state index contributed by atoms with van der Waals surface area (Å²) in [5, 5.41) is 14.7. The lowest BCUT2D eigenvalue weighted by atomic mass is 9.85. The fourth-order valence-corrected chi connectivity index (χ4v) is 4.98. The average molecular weight is 467 g/mol. The van der Waals surface area contributed by atoms with Crippen molar-refractivity contribution in [2.24, 2.45) is 5.92 Å². The molecule has 8 heteroatoms. The second-order valence-electron chi connectivity index (χ2n) is 8.89. The molecule has 0 saturated heterocycles. The maximum atomic E-state index is 12.8. The van der Waals surface area contributed by atoms with Crippen molar-refractivity contribution in [3.05, 3.63) is 59.7 Å². The van der Waals surface area contributed by atoms with Gasteiger partial charge in [0.1, 0.15) is 12.6 Å². The zero-order chi connectivity index (χ0) is 24.1. The SMILES string of the molecule is COC[C@H](NC(=O)OCC1c2ccccc2-c2ccccc21)C(=O)N[C@@H]1CCC[C@@H](C(=O)O)C1. The first-order chi connectivity index (χ1) is 16.5. The number of benzene rings is 2. The van der Waals surface area contributed by atoms with Crippen LogP contribution in [0.1, 0.15) is 42.7 Å². The zero-order valence-corrected chi connectivity index (χ0v) is 19.2. The van der Waals surface area contributed by atoms with Gasteiger partial charge in [0.15, 0.2) is 0 Å². The highest BCUT2D eigenvalue weighted by Gasteiger charge is 2.32. The van der Waals surface area contributed by atoms with Gasteiger partial charge in [-0.05, 0) is 41.5 Å². The Labute approximate surface area is 198 Å². The minimum absolute atomic E-state index is 0.0227. The number of nitrogens with one attached hydrogen (secondary N) is 2. The highest BCUT2D eigenvalue weighted by Crippen LogP contribution is 2.44. The molecule has 4 rings (SSSR count). The number of carbonyl (C=O) groups excluding carboxylic acids is 2. The molecule has 0 aromatic heterocycles. The number of carboxylic acid groups (broad SMARTS) is 1. The van der Waals surface area contributed by atoms with E-state index in [1.54, 1.807) is 0 Å². The molecule has 0 spiro atoms. The fourth-order valence-electron chi connectivity index (χ4n) is 4.98. The van der Waals surface area contributed by atoms with E-state index in [0.29, 0.717) is 19.3 Å². The summed E-state index contributed by atoms with van der Waals surface area (Å²) >= 11 is 0. The first kappa shape index (κ1) is 23.8. The summed E-state index contributed by atoms with van der Waals surface area (Å²) in [6.45, 7) is 0.120. The maximum Gasteiger partial charge on any atom is 0.407 e. The molecule has 0 heterocycles. The molecule has 0 unspecified atom stereocenters. The van der Waals surface area contributed by atoms with Gasteiger partial charge < -0.3 is 25.2 Å². The van der Waals surface area contributed by atoms with Gasteiger partial charge in [-0.25, -0.2) is 4.79 Å². The van der Waals surface area contributed by atoms with E-state index in [2.05, 4.69) is 22.8 Å². The molecular formula is C26H30N2O6. The number of methoxy groups -OCH3 is 1. The summed E-state index contributed by atoms with van der Waals surface area (Å²) in [5.41, 5.74) is 4.48. The van der Waals surface area contributed by atoms with Gasteiger partial charge in [0.2, 0.25) is 5.91 Å². The highest BCUT2D eigenvalue weighted by atomic mass is 16.5. The Morgan fingerprint density at radius 1 is 1.03 bits per heavy atom. The Balaban J connectivity index is 1.35. The van der Waals surface area contributed by atoms with E-state index in [1.165, 1.54) is 7.11 Å². The van der Waals surface area contributed by atoms with Crippen LogP contribution < -0.4 is 10.6 Å². The van der Waals surface area contributed by atoms with Gasteiger partial charge in [-0.2, -0.15) is 0 Å². The van der Waals surface area contributed by atoms with Gasteiger partial charge in [-0.3, -0.25) is 9.59 Å². The first-order valence-corrected chi connectivity index (χ1v) is 11.6. The van der Waals surface area contributed by atoms with Crippen molar-refractivity contribution < 1.29 is 29.0 Å². The average Bonchev–Trinajstić information content (AvgIpc) is 3.16. The fraction of sp³-hybridized carbons (Fsp3) is 0.423. The lowest BCUT2D eigenvalue weighted by Gasteiger charge is -2.29. The molecule has 3 atom stereocenters. The quantitative estimate of drug-likeness (QED) is 0.550. The van der Waals surface area contributed by atoms with Crippen LogP contribution in [0.5, 0.6) is 0 Å². The van der Waals surface area contributed by atoms with Crippen molar-refractivity contribution in [2.75, 3.05) is 20.3 Å². The van der Waals surface area contributed by atoms with Crippen molar-refractivity contribution in [3.63, 3.8) is 0 Å². The Morgan fingerprint density at radius 3 is 2.29 bits per heavy atom. The third kappa shape index (κ3) is 5.22. The molecule has 1 saturated carbocycles. The van der Waals surface area contributed by atoms with Crippen LogP contribution in [0.3, 0.4) is 0 Å². The number of hydrogen-bond acceptors (Lipinski definition) is 5. The predicted molar refractivity (Wildman–Crippen MR) is 125 cm³/mol. The Hall–Kier alpha value is -3.39. The van der Waals surface area contributed by atoms with Crippen LogP contribution >= 0.6 is 0 Å². The van der Waals surface area contributed by atoms with Crippen molar-refractivity contribution in [3.8, 4) is 11.1 Å².